The van der Waals surface area contributed by atoms with E-state index in [1.807, 2.05) is 13.1 Å². The molecule has 4 heterocycles. The molecule has 0 N–H and O–H groups in total. The molecule has 0 saturated carbocycles. The number of alkyl halides is 3. The minimum atomic E-state index is -4.54. The van der Waals surface area contributed by atoms with Gasteiger partial charge in [0.2, 0.25) is 5.91 Å². The van der Waals surface area contributed by atoms with E-state index in [9.17, 15) is 18.0 Å². The van der Waals surface area contributed by atoms with Gasteiger partial charge in [0.1, 0.15) is 0 Å². The number of piperidine rings is 1. The Balaban J connectivity index is 1.56. The van der Waals surface area contributed by atoms with E-state index >= 15 is 0 Å². The van der Waals surface area contributed by atoms with Crippen LogP contribution in [0.2, 0.25) is 0 Å². The van der Waals surface area contributed by atoms with Crippen molar-refractivity contribution in [3.8, 4) is 0 Å². The Bertz CT molecular complexity index is 1090. The van der Waals surface area contributed by atoms with E-state index in [1.165, 1.54) is 0 Å². The highest BCUT2D eigenvalue weighted by atomic mass is 19.4. The fraction of sp³-hybridized carbons (Fsp3) is 0.524. The van der Waals surface area contributed by atoms with Gasteiger partial charge < -0.3 is 9.42 Å². The standard InChI is InChI=1S/C21H24F3N5O2/c1-3-15-9-16(21(22,23)24)18-19(27-31-20(18)26-15)14-5-4-7-28(12-14)17(30)6-8-29-11-13(2)10-25-29/h9-11,14H,3-8,12H2,1-2H3/t14-/m1/s1. The first-order valence-corrected chi connectivity index (χ1v) is 10.4. The van der Waals surface area contributed by atoms with Crippen molar-refractivity contribution in [1.82, 2.24) is 24.8 Å². The Labute approximate surface area is 177 Å². The Morgan fingerprint density at radius 3 is 2.84 bits per heavy atom. The van der Waals surface area contributed by atoms with Crippen LogP contribution in [0.15, 0.2) is 23.0 Å². The van der Waals surface area contributed by atoms with E-state index in [1.54, 1.807) is 22.7 Å². The van der Waals surface area contributed by atoms with Crippen LogP contribution in [0.4, 0.5) is 13.2 Å². The Morgan fingerprint density at radius 1 is 1.35 bits per heavy atom. The maximum Gasteiger partial charge on any atom is 0.417 e. The molecule has 0 aromatic carbocycles. The number of pyridine rings is 1. The zero-order valence-corrected chi connectivity index (χ0v) is 17.4. The molecule has 1 aliphatic rings. The van der Waals surface area contributed by atoms with Crippen molar-refractivity contribution in [1.29, 1.82) is 0 Å². The molecule has 3 aromatic heterocycles. The van der Waals surface area contributed by atoms with Gasteiger partial charge in [-0.25, -0.2) is 4.98 Å². The summed E-state index contributed by atoms with van der Waals surface area (Å²) in [7, 11) is 0. The van der Waals surface area contributed by atoms with Crippen LogP contribution in [0, 0.1) is 6.92 Å². The number of aryl methyl sites for hydroxylation is 3. The molecule has 10 heteroatoms. The lowest BCUT2D eigenvalue weighted by molar-refractivity contribution is -0.136. The molecule has 3 aromatic rings. The Morgan fingerprint density at radius 2 is 2.16 bits per heavy atom. The predicted octanol–water partition coefficient (Wildman–Crippen LogP) is 4.11. The third-order valence-corrected chi connectivity index (χ3v) is 5.67. The molecule has 4 rings (SSSR count). The first kappa shape index (κ1) is 21.3. The van der Waals surface area contributed by atoms with E-state index in [0.717, 1.165) is 11.6 Å². The van der Waals surface area contributed by atoms with Crippen molar-refractivity contribution in [3.05, 3.63) is 41.0 Å². The fourth-order valence-electron chi connectivity index (χ4n) is 4.09. The molecule has 0 aliphatic carbocycles. The summed E-state index contributed by atoms with van der Waals surface area (Å²) in [5, 5.41) is 8.06. The van der Waals surface area contributed by atoms with Gasteiger partial charge in [-0.05, 0) is 37.8 Å². The van der Waals surface area contributed by atoms with Crippen molar-refractivity contribution < 1.29 is 22.5 Å². The molecule has 1 aliphatic heterocycles. The zero-order chi connectivity index (χ0) is 22.2. The Hall–Kier alpha value is -2.91. The van der Waals surface area contributed by atoms with Gasteiger partial charge in [-0.2, -0.15) is 18.3 Å². The van der Waals surface area contributed by atoms with Crippen LogP contribution in [-0.2, 0) is 23.9 Å². The molecule has 1 fully saturated rings. The number of hydrogen-bond acceptors (Lipinski definition) is 5. The van der Waals surface area contributed by atoms with Gasteiger partial charge in [-0.3, -0.25) is 9.48 Å². The van der Waals surface area contributed by atoms with Gasteiger partial charge in [0.15, 0.2) is 0 Å². The van der Waals surface area contributed by atoms with Gasteiger partial charge in [0.05, 0.1) is 22.8 Å². The zero-order valence-electron chi connectivity index (χ0n) is 17.4. The second kappa shape index (κ2) is 8.32. The summed E-state index contributed by atoms with van der Waals surface area (Å²) in [6.45, 7) is 5.01. The average Bonchev–Trinajstić information content (AvgIpc) is 3.36. The van der Waals surface area contributed by atoms with E-state index in [0.29, 0.717) is 44.6 Å². The number of fused-ring (bicyclic) bond motifs is 1. The van der Waals surface area contributed by atoms with Gasteiger partial charge >= 0.3 is 6.18 Å². The molecule has 1 saturated heterocycles. The molecule has 1 amide bonds. The van der Waals surface area contributed by atoms with E-state index in [4.69, 9.17) is 4.52 Å². The molecule has 0 bridgehead atoms. The first-order chi connectivity index (χ1) is 14.8. The van der Waals surface area contributed by atoms with Crippen LogP contribution in [0.3, 0.4) is 0 Å². The van der Waals surface area contributed by atoms with Crippen LogP contribution in [0.5, 0.6) is 0 Å². The van der Waals surface area contributed by atoms with Crippen LogP contribution < -0.4 is 0 Å². The van der Waals surface area contributed by atoms with Crippen LogP contribution >= 0.6 is 0 Å². The van der Waals surface area contributed by atoms with Crippen LogP contribution in [0.25, 0.3) is 11.1 Å². The maximum absolute atomic E-state index is 13.8. The second-order valence-corrected chi connectivity index (χ2v) is 7.97. The summed E-state index contributed by atoms with van der Waals surface area (Å²) >= 11 is 0. The van der Waals surface area contributed by atoms with E-state index in [2.05, 4.69) is 15.2 Å². The van der Waals surface area contributed by atoms with E-state index in [-0.39, 0.29) is 35.0 Å². The summed E-state index contributed by atoms with van der Waals surface area (Å²) in [6.07, 6.45) is 1.01. The first-order valence-electron chi connectivity index (χ1n) is 10.4. The molecule has 0 radical (unpaired) electrons. The highest BCUT2D eigenvalue weighted by Gasteiger charge is 2.38. The fourth-order valence-corrected chi connectivity index (χ4v) is 4.09. The summed E-state index contributed by atoms with van der Waals surface area (Å²) < 4.78 is 48.2. The maximum atomic E-state index is 13.8. The molecule has 7 nitrogen and oxygen atoms in total. The van der Waals surface area contributed by atoms with Gasteiger partial charge in [-0.15, -0.1) is 0 Å². The lowest BCUT2D eigenvalue weighted by Crippen LogP contribution is -2.39. The minimum Gasteiger partial charge on any atom is -0.342 e. The summed E-state index contributed by atoms with van der Waals surface area (Å²) in [6, 6.07) is 1.07. The summed E-state index contributed by atoms with van der Waals surface area (Å²) in [5.74, 6) is -0.380. The van der Waals surface area contributed by atoms with Crippen LogP contribution in [0.1, 0.15) is 54.6 Å². The number of hydrogen-bond donors (Lipinski definition) is 0. The van der Waals surface area contributed by atoms with Gasteiger partial charge in [-0.1, -0.05) is 12.1 Å². The van der Waals surface area contributed by atoms with Crippen molar-refractivity contribution in [2.75, 3.05) is 13.1 Å². The lowest BCUT2D eigenvalue weighted by atomic mass is 9.91. The van der Waals surface area contributed by atoms with Crippen molar-refractivity contribution >= 4 is 17.0 Å². The number of nitrogens with zero attached hydrogens (tertiary/aromatic N) is 5. The monoisotopic (exact) mass is 435 g/mol. The molecular weight excluding hydrogens is 411 g/mol. The van der Waals surface area contributed by atoms with Crippen molar-refractivity contribution in [3.63, 3.8) is 0 Å². The largest absolute Gasteiger partial charge is 0.417 e. The van der Waals surface area contributed by atoms with Gasteiger partial charge in [0, 0.05) is 43.9 Å². The minimum absolute atomic E-state index is 0.0481. The Kier molecular flexibility index (Phi) is 5.72. The van der Waals surface area contributed by atoms with Crippen molar-refractivity contribution in [2.24, 2.45) is 0 Å². The average molecular weight is 435 g/mol. The molecule has 0 spiro atoms. The quantitative estimate of drug-likeness (QED) is 0.603. The number of carbonyl (C=O) groups is 1. The summed E-state index contributed by atoms with van der Waals surface area (Å²) in [5.41, 5.74) is 0.681. The number of halogens is 3. The van der Waals surface area contributed by atoms with Crippen molar-refractivity contribution in [2.45, 2.75) is 58.2 Å². The summed E-state index contributed by atoms with van der Waals surface area (Å²) in [4.78, 5) is 18.6. The SMILES string of the molecule is CCc1cc(C(F)(F)F)c2c([C@@H]3CCCN(C(=O)CCn4cc(C)cn4)C3)noc2n1. The third-order valence-electron chi connectivity index (χ3n) is 5.67. The number of likely N-dealkylation sites (tertiary alicyclic amines) is 1. The highest BCUT2D eigenvalue weighted by Crippen LogP contribution is 2.40. The number of carbonyl (C=O) groups excluding carboxylic acids is 1. The number of rotatable bonds is 5. The predicted molar refractivity (Wildman–Crippen MR) is 106 cm³/mol. The molecule has 1 atom stereocenters. The molecule has 31 heavy (non-hydrogen) atoms. The topological polar surface area (TPSA) is 77.0 Å². The normalized spacial score (nSPS) is 17.5. The van der Waals surface area contributed by atoms with Crippen LogP contribution in [-0.4, -0.2) is 43.8 Å². The number of aromatic nitrogens is 4. The smallest absolute Gasteiger partial charge is 0.342 e. The van der Waals surface area contributed by atoms with E-state index < -0.39 is 11.7 Å². The molecule has 0 unspecified atom stereocenters. The van der Waals surface area contributed by atoms with Gasteiger partial charge in [0.25, 0.3) is 5.71 Å². The second-order valence-electron chi connectivity index (χ2n) is 7.97. The lowest BCUT2D eigenvalue weighted by Gasteiger charge is -2.32. The molecular formula is C21H24F3N5O2. The molecule has 166 valence electrons. The number of amides is 1. The third kappa shape index (κ3) is 4.42. The highest BCUT2D eigenvalue weighted by molar-refractivity contribution is 5.82.